The van der Waals surface area contributed by atoms with Crippen molar-refractivity contribution in [1.82, 2.24) is 5.32 Å². The van der Waals surface area contributed by atoms with Gasteiger partial charge in [-0.3, -0.25) is 4.79 Å². The van der Waals surface area contributed by atoms with Crippen LogP contribution >= 0.6 is 0 Å². The second-order valence-corrected chi connectivity index (χ2v) is 5.33. The molecule has 0 saturated carbocycles. The van der Waals surface area contributed by atoms with Gasteiger partial charge < -0.3 is 16.2 Å². The Labute approximate surface area is 118 Å². The highest BCUT2D eigenvalue weighted by Crippen LogP contribution is 2.10. The number of carbonyl (C=O) groups is 1. The van der Waals surface area contributed by atoms with Crippen molar-refractivity contribution in [1.29, 1.82) is 0 Å². The fraction of sp³-hybridized carbons (Fsp3) is 0.933. The maximum absolute atomic E-state index is 10.5. The molecule has 4 nitrogen and oxygen atoms in total. The maximum atomic E-state index is 10.5. The van der Waals surface area contributed by atoms with Gasteiger partial charge in [0.2, 0.25) is 0 Å². The van der Waals surface area contributed by atoms with Crippen LogP contribution in [-0.2, 0) is 4.79 Å². The van der Waals surface area contributed by atoms with Crippen LogP contribution in [0.1, 0.15) is 71.1 Å². The molecule has 19 heavy (non-hydrogen) atoms. The van der Waals surface area contributed by atoms with Gasteiger partial charge >= 0.3 is 5.97 Å². The third-order valence-corrected chi connectivity index (χ3v) is 3.39. The average Bonchev–Trinajstić information content (AvgIpc) is 2.39. The van der Waals surface area contributed by atoms with Gasteiger partial charge in [-0.15, -0.1) is 0 Å². The van der Waals surface area contributed by atoms with E-state index in [1.54, 1.807) is 0 Å². The van der Waals surface area contributed by atoms with Gasteiger partial charge in [0.05, 0.1) is 0 Å². The van der Waals surface area contributed by atoms with Crippen molar-refractivity contribution in [3.63, 3.8) is 0 Å². The highest BCUT2D eigenvalue weighted by Gasteiger charge is 2.09. The van der Waals surface area contributed by atoms with Crippen LogP contribution in [0.3, 0.4) is 0 Å². The number of aliphatic carboxylic acids is 1. The molecule has 0 spiro atoms. The Kier molecular flexibility index (Phi) is 13.4. The molecule has 0 aliphatic carbocycles. The summed E-state index contributed by atoms with van der Waals surface area (Å²) in [6.45, 7) is 3.49. The summed E-state index contributed by atoms with van der Waals surface area (Å²) < 4.78 is 0. The molecule has 0 aliphatic rings. The van der Waals surface area contributed by atoms with Crippen LogP contribution in [0, 0.1) is 0 Å². The zero-order valence-electron chi connectivity index (χ0n) is 12.5. The van der Waals surface area contributed by atoms with Gasteiger partial charge in [0.1, 0.15) is 6.04 Å². The first kappa shape index (κ1) is 18.4. The Morgan fingerprint density at radius 2 is 1.47 bits per heavy atom. The van der Waals surface area contributed by atoms with Crippen molar-refractivity contribution in [2.75, 3.05) is 13.1 Å². The monoisotopic (exact) mass is 272 g/mol. The molecule has 0 aromatic rings. The highest BCUT2D eigenvalue weighted by atomic mass is 16.4. The molecule has 0 saturated heterocycles. The number of unbranched alkanes of at least 4 members (excludes halogenated alkanes) is 9. The standard InChI is InChI=1S/C15H32N2O2/c1-2-3-4-5-6-7-8-9-10-11-12-17-13-14(16)15(18)19/h14,17H,2-13,16H2,1H3,(H,18,19)/t14-/m0/s1. The summed E-state index contributed by atoms with van der Waals surface area (Å²) in [6.07, 6.45) is 13.2. The van der Waals surface area contributed by atoms with Crippen LogP contribution < -0.4 is 11.1 Å². The van der Waals surface area contributed by atoms with Crippen molar-refractivity contribution < 1.29 is 9.90 Å². The van der Waals surface area contributed by atoms with E-state index in [9.17, 15) is 4.79 Å². The third-order valence-electron chi connectivity index (χ3n) is 3.39. The Bertz CT molecular complexity index is 210. The number of rotatable bonds is 14. The van der Waals surface area contributed by atoms with E-state index >= 15 is 0 Å². The molecule has 0 aliphatic heterocycles. The first-order chi connectivity index (χ1) is 9.18. The lowest BCUT2D eigenvalue weighted by Gasteiger charge is -2.08. The van der Waals surface area contributed by atoms with Gasteiger partial charge in [0.25, 0.3) is 0 Å². The second-order valence-electron chi connectivity index (χ2n) is 5.33. The van der Waals surface area contributed by atoms with Gasteiger partial charge in [0.15, 0.2) is 0 Å². The van der Waals surface area contributed by atoms with E-state index < -0.39 is 12.0 Å². The molecule has 4 heteroatoms. The Morgan fingerprint density at radius 3 is 1.95 bits per heavy atom. The number of hydrogen-bond acceptors (Lipinski definition) is 3. The minimum Gasteiger partial charge on any atom is -0.480 e. The lowest BCUT2D eigenvalue weighted by atomic mass is 10.1. The van der Waals surface area contributed by atoms with Crippen molar-refractivity contribution in [3.05, 3.63) is 0 Å². The Balaban J connectivity index is 3.05. The molecule has 0 unspecified atom stereocenters. The molecule has 0 bridgehead atoms. The fourth-order valence-corrected chi connectivity index (χ4v) is 2.08. The van der Waals surface area contributed by atoms with E-state index in [-0.39, 0.29) is 0 Å². The van der Waals surface area contributed by atoms with Crippen LogP contribution in [0.15, 0.2) is 0 Å². The summed E-state index contributed by atoms with van der Waals surface area (Å²) in [5, 5.41) is 11.7. The normalized spacial score (nSPS) is 12.5. The maximum Gasteiger partial charge on any atom is 0.321 e. The number of carboxylic acids is 1. The van der Waals surface area contributed by atoms with E-state index in [1.807, 2.05) is 0 Å². The highest BCUT2D eigenvalue weighted by molar-refractivity contribution is 5.73. The number of nitrogens with one attached hydrogen (secondary N) is 1. The van der Waals surface area contributed by atoms with Crippen molar-refractivity contribution in [2.24, 2.45) is 5.73 Å². The minimum atomic E-state index is -0.935. The van der Waals surface area contributed by atoms with Crippen LogP contribution in [0.4, 0.5) is 0 Å². The van der Waals surface area contributed by atoms with Gasteiger partial charge in [-0.1, -0.05) is 64.7 Å². The van der Waals surface area contributed by atoms with Crippen LogP contribution in [0.5, 0.6) is 0 Å². The van der Waals surface area contributed by atoms with Crippen LogP contribution in [0.2, 0.25) is 0 Å². The predicted molar refractivity (Wildman–Crippen MR) is 80.3 cm³/mol. The molecule has 114 valence electrons. The van der Waals surface area contributed by atoms with Gasteiger partial charge in [-0.05, 0) is 13.0 Å². The SMILES string of the molecule is CCCCCCCCCCCCNC[C@H](N)C(=O)O. The molecular formula is C15H32N2O2. The molecule has 0 aromatic heterocycles. The predicted octanol–water partition coefficient (Wildman–Crippen LogP) is 2.91. The Morgan fingerprint density at radius 1 is 1.00 bits per heavy atom. The van der Waals surface area contributed by atoms with Crippen molar-refractivity contribution >= 4 is 5.97 Å². The molecule has 1 atom stereocenters. The fourth-order valence-electron chi connectivity index (χ4n) is 2.08. The molecule has 0 heterocycles. The van der Waals surface area contributed by atoms with E-state index in [4.69, 9.17) is 10.8 Å². The average molecular weight is 272 g/mol. The summed E-state index contributed by atoms with van der Waals surface area (Å²) in [6, 6.07) is -0.775. The Hall–Kier alpha value is -0.610. The summed E-state index contributed by atoms with van der Waals surface area (Å²) in [5.41, 5.74) is 5.38. The molecule has 0 rings (SSSR count). The molecule has 0 fully saturated rings. The molecular weight excluding hydrogens is 240 g/mol. The summed E-state index contributed by atoms with van der Waals surface area (Å²) in [7, 11) is 0. The second kappa shape index (κ2) is 13.8. The first-order valence-corrected chi connectivity index (χ1v) is 7.87. The number of nitrogens with two attached hydrogens (primary N) is 1. The largest absolute Gasteiger partial charge is 0.480 e. The van der Waals surface area contributed by atoms with Gasteiger partial charge in [-0.25, -0.2) is 0 Å². The number of carboxylic acid groups (broad SMARTS) is 1. The molecule has 0 amide bonds. The molecule has 0 aromatic carbocycles. The zero-order chi connectivity index (χ0) is 14.3. The quantitative estimate of drug-likeness (QED) is 0.425. The minimum absolute atomic E-state index is 0.368. The van der Waals surface area contributed by atoms with E-state index in [0.717, 1.165) is 13.0 Å². The number of hydrogen-bond donors (Lipinski definition) is 3. The first-order valence-electron chi connectivity index (χ1n) is 7.87. The zero-order valence-corrected chi connectivity index (χ0v) is 12.5. The molecule has 0 radical (unpaired) electrons. The van der Waals surface area contributed by atoms with Gasteiger partial charge in [-0.2, -0.15) is 0 Å². The summed E-state index contributed by atoms with van der Waals surface area (Å²) in [4.78, 5) is 10.5. The van der Waals surface area contributed by atoms with Crippen molar-refractivity contribution in [3.8, 4) is 0 Å². The topological polar surface area (TPSA) is 75.3 Å². The summed E-state index contributed by atoms with van der Waals surface area (Å²) >= 11 is 0. The van der Waals surface area contributed by atoms with E-state index in [1.165, 1.54) is 57.8 Å². The smallest absolute Gasteiger partial charge is 0.321 e. The van der Waals surface area contributed by atoms with Crippen LogP contribution in [0.25, 0.3) is 0 Å². The summed E-state index contributed by atoms with van der Waals surface area (Å²) in [5.74, 6) is -0.935. The third kappa shape index (κ3) is 13.6. The van der Waals surface area contributed by atoms with E-state index in [2.05, 4.69) is 12.2 Å². The van der Waals surface area contributed by atoms with E-state index in [0.29, 0.717) is 6.54 Å². The van der Waals surface area contributed by atoms with Crippen molar-refractivity contribution in [2.45, 2.75) is 77.2 Å². The lowest BCUT2D eigenvalue weighted by molar-refractivity contribution is -0.138. The van der Waals surface area contributed by atoms with Crippen LogP contribution in [-0.4, -0.2) is 30.2 Å². The molecule has 4 N–H and O–H groups in total. The lowest BCUT2D eigenvalue weighted by Crippen LogP contribution is -2.40. The van der Waals surface area contributed by atoms with Gasteiger partial charge in [0, 0.05) is 6.54 Å².